The van der Waals surface area contributed by atoms with Crippen LogP contribution in [0, 0.1) is 0 Å². The molecule has 0 unspecified atom stereocenters. The molecule has 22 rings (SSSR count). The first kappa shape index (κ1) is 61.6. The smallest absolute Gasteiger partial charge is 0.164 e. The predicted molar refractivity (Wildman–Crippen MR) is 436 cm³/mol. The number of nitrogens with zero attached hydrogens (tertiary/aromatic N) is 14. The molecule has 0 aliphatic rings. The summed E-state index contributed by atoms with van der Waals surface area (Å²) < 4.78 is 0. The van der Waals surface area contributed by atoms with Crippen molar-refractivity contribution in [3.05, 3.63) is 328 Å². The summed E-state index contributed by atoms with van der Waals surface area (Å²) in [7, 11) is 0. The van der Waals surface area contributed by atoms with Crippen LogP contribution in [0.4, 0.5) is 0 Å². The van der Waals surface area contributed by atoms with Gasteiger partial charge in [-0.15, -0.1) is 0 Å². The molecular formula is C94H54N14. The molecule has 0 aliphatic heterocycles. The van der Waals surface area contributed by atoms with Crippen LogP contribution >= 0.6 is 0 Å². The van der Waals surface area contributed by atoms with E-state index in [0.29, 0.717) is 34.9 Å². The summed E-state index contributed by atoms with van der Waals surface area (Å²) in [6.07, 6.45) is 7.29. The average molecular weight is 1380 g/mol. The van der Waals surface area contributed by atoms with E-state index >= 15 is 0 Å². The molecule has 0 aliphatic carbocycles. The Morgan fingerprint density at radius 1 is 0.148 bits per heavy atom. The van der Waals surface area contributed by atoms with Crippen molar-refractivity contribution in [1.82, 2.24) is 69.8 Å². The third-order valence-corrected chi connectivity index (χ3v) is 20.2. The topological polar surface area (TPSA) is 180 Å². The lowest BCUT2D eigenvalue weighted by molar-refractivity contribution is 1.07. The highest BCUT2D eigenvalue weighted by Crippen LogP contribution is 2.42. The van der Waals surface area contributed by atoms with Crippen molar-refractivity contribution in [2.45, 2.75) is 0 Å². The number of hydrogen-bond acceptors (Lipinski definition) is 14. The van der Waals surface area contributed by atoms with Crippen molar-refractivity contribution in [1.29, 1.82) is 0 Å². The molecule has 0 radical (unpaired) electrons. The van der Waals surface area contributed by atoms with Gasteiger partial charge in [-0.3, -0.25) is 19.9 Å². The number of hydrogen-bond donors (Lipinski definition) is 0. The van der Waals surface area contributed by atoms with Gasteiger partial charge in [0.25, 0.3) is 0 Å². The van der Waals surface area contributed by atoms with E-state index in [2.05, 4.69) is 146 Å². The molecule has 500 valence electrons. The van der Waals surface area contributed by atoms with Gasteiger partial charge in [-0.2, -0.15) is 0 Å². The van der Waals surface area contributed by atoms with Crippen LogP contribution in [-0.4, -0.2) is 69.8 Å². The van der Waals surface area contributed by atoms with Crippen LogP contribution in [0.3, 0.4) is 0 Å². The van der Waals surface area contributed by atoms with Gasteiger partial charge in [0.05, 0.1) is 66.2 Å². The lowest BCUT2D eigenvalue weighted by Crippen LogP contribution is -2.02. The Morgan fingerprint density at radius 3 is 0.750 bits per heavy atom. The first-order chi connectivity index (χ1) is 53.5. The van der Waals surface area contributed by atoms with E-state index in [-0.39, 0.29) is 0 Å². The number of aromatic nitrogens is 14. The second kappa shape index (κ2) is 25.4. The molecule has 0 saturated heterocycles. The second-order valence-electron chi connectivity index (χ2n) is 26.8. The standard InChI is InChI=1S/C53H31N7.C41H23N7/c1-2-12-32(13-3-1)51-58-52(37-18-8-16-33(26-37)43-30-39-28-35-14-4-6-22-45(35)56-47(39)49-41(43)20-10-24-54-49)60-53(59-51)38-19-9-17-34(27-38)44-31-40-29-36-15-5-7-23-46(36)57-48(40)50-42(44)21-11-25-55-50;1-2-10-24(11-3-1)39-46-40(31-22-27-20-25-12-4-6-16-33(25)44-35(27)37-29(31)14-8-18-42-37)48-41(47-39)32-23-28-21-26-13-5-7-17-34(26)45-36(28)38-30(32)15-9-19-43-38/h1-31H;1-23H. The quantitative estimate of drug-likeness (QED) is 0.104. The van der Waals surface area contributed by atoms with Crippen molar-refractivity contribution in [2.24, 2.45) is 0 Å². The van der Waals surface area contributed by atoms with Gasteiger partial charge in [0.2, 0.25) is 0 Å². The molecule has 14 heteroatoms. The largest absolute Gasteiger partial charge is 0.254 e. The summed E-state index contributed by atoms with van der Waals surface area (Å²) in [5.41, 5.74) is 20.0. The van der Waals surface area contributed by atoms with Crippen LogP contribution in [-0.2, 0) is 0 Å². The van der Waals surface area contributed by atoms with Crippen LogP contribution in [0.15, 0.2) is 328 Å². The molecule has 0 amide bonds. The highest BCUT2D eigenvalue weighted by Gasteiger charge is 2.23. The normalized spacial score (nSPS) is 11.7. The van der Waals surface area contributed by atoms with E-state index in [1.54, 1.807) is 0 Å². The molecule has 0 saturated carbocycles. The monoisotopic (exact) mass is 1380 g/mol. The first-order valence-electron chi connectivity index (χ1n) is 35.6. The minimum atomic E-state index is 0.556. The molecule has 0 bridgehead atoms. The highest BCUT2D eigenvalue weighted by molar-refractivity contribution is 6.16. The Balaban J connectivity index is 0.000000141. The minimum absolute atomic E-state index is 0.556. The highest BCUT2D eigenvalue weighted by atomic mass is 15.0. The molecule has 22 aromatic rings. The molecule has 0 spiro atoms. The van der Waals surface area contributed by atoms with Crippen LogP contribution < -0.4 is 0 Å². The van der Waals surface area contributed by atoms with Crippen LogP contribution in [0.25, 0.3) is 221 Å². The maximum atomic E-state index is 5.22. The fourth-order valence-electron chi connectivity index (χ4n) is 15.1. The number of rotatable bonds is 8. The molecule has 14 nitrogen and oxygen atoms in total. The second-order valence-corrected chi connectivity index (χ2v) is 26.8. The van der Waals surface area contributed by atoms with Gasteiger partial charge in [0, 0.05) is 123 Å². The van der Waals surface area contributed by atoms with Gasteiger partial charge >= 0.3 is 0 Å². The Hall–Kier alpha value is -15.0. The Morgan fingerprint density at radius 2 is 0.407 bits per heavy atom. The third-order valence-electron chi connectivity index (χ3n) is 20.2. The zero-order valence-electron chi connectivity index (χ0n) is 57.4. The van der Waals surface area contributed by atoms with Crippen molar-refractivity contribution in [3.8, 4) is 90.6 Å². The zero-order chi connectivity index (χ0) is 71.2. The van der Waals surface area contributed by atoms with Gasteiger partial charge in [-0.05, 0) is 131 Å². The van der Waals surface area contributed by atoms with Crippen molar-refractivity contribution in [2.75, 3.05) is 0 Å². The van der Waals surface area contributed by atoms with Crippen LogP contribution in [0.5, 0.6) is 0 Å². The van der Waals surface area contributed by atoms with E-state index < -0.39 is 0 Å². The summed E-state index contributed by atoms with van der Waals surface area (Å²) in [5.74, 6) is 3.46. The number of pyridine rings is 8. The zero-order valence-corrected chi connectivity index (χ0v) is 57.4. The number of benzene rings is 12. The molecule has 0 N–H and O–H groups in total. The summed E-state index contributed by atoms with van der Waals surface area (Å²) in [6, 6.07) is 103. The molecular weight excluding hydrogens is 1330 g/mol. The first-order valence-corrected chi connectivity index (χ1v) is 35.6. The van der Waals surface area contributed by atoms with E-state index in [0.717, 1.165) is 186 Å². The van der Waals surface area contributed by atoms with Crippen LogP contribution in [0.1, 0.15) is 0 Å². The Labute approximate surface area is 615 Å². The SMILES string of the molecule is c1ccc(-c2nc(-c3cc4cc5ccccc5nc4c4ncccc34)nc(-c3cc4cc5ccccc5nc4c4ncccc34)n2)cc1.c1ccc(-c2nc(-c3cccc(-c4cc5cc6ccccc6nc5c5ncccc45)c3)nc(-c3cccc(-c4cc5cc6ccccc6nc5c5ncccc45)c3)n2)cc1. The van der Waals surface area contributed by atoms with Gasteiger partial charge in [-0.25, -0.2) is 49.8 Å². The van der Waals surface area contributed by atoms with Crippen LogP contribution in [0.2, 0.25) is 0 Å². The predicted octanol–water partition coefficient (Wildman–Crippen LogP) is 22.1. The number of fused-ring (bicyclic) bond motifs is 16. The third kappa shape index (κ3) is 10.8. The maximum absolute atomic E-state index is 5.22. The molecule has 0 fully saturated rings. The Bertz CT molecular complexity index is 7070. The van der Waals surface area contributed by atoms with Gasteiger partial charge in [-0.1, -0.05) is 194 Å². The summed E-state index contributed by atoms with van der Waals surface area (Å²) in [5, 5.41) is 12.2. The lowest BCUT2D eigenvalue weighted by atomic mass is 9.95. The minimum Gasteiger partial charge on any atom is -0.254 e. The van der Waals surface area contributed by atoms with Gasteiger partial charge < -0.3 is 0 Å². The van der Waals surface area contributed by atoms with Crippen molar-refractivity contribution >= 4 is 131 Å². The fraction of sp³-hybridized carbons (Fsp3) is 0. The summed E-state index contributed by atoms with van der Waals surface area (Å²) >= 11 is 0. The summed E-state index contributed by atoms with van der Waals surface area (Å²) in [6.45, 7) is 0. The maximum Gasteiger partial charge on any atom is 0.164 e. The summed E-state index contributed by atoms with van der Waals surface area (Å²) in [4.78, 5) is 70.3. The lowest BCUT2D eigenvalue weighted by Gasteiger charge is -2.14. The van der Waals surface area contributed by atoms with Crippen molar-refractivity contribution in [3.63, 3.8) is 0 Å². The molecule has 12 aromatic carbocycles. The van der Waals surface area contributed by atoms with Gasteiger partial charge in [0.15, 0.2) is 34.9 Å². The number of para-hydroxylation sites is 4. The van der Waals surface area contributed by atoms with Gasteiger partial charge in [0.1, 0.15) is 0 Å². The van der Waals surface area contributed by atoms with E-state index in [4.69, 9.17) is 69.8 Å². The fourth-order valence-corrected chi connectivity index (χ4v) is 15.1. The van der Waals surface area contributed by atoms with E-state index in [9.17, 15) is 0 Å². The molecule has 108 heavy (non-hydrogen) atoms. The molecule has 10 aromatic heterocycles. The van der Waals surface area contributed by atoms with E-state index in [1.165, 1.54) is 0 Å². The Kier molecular flexibility index (Phi) is 14.5. The van der Waals surface area contributed by atoms with E-state index in [1.807, 2.05) is 183 Å². The average Bonchev–Trinajstić information content (AvgIpc) is 0.756. The van der Waals surface area contributed by atoms with Crippen molar-refractivity contribution < 1.29 is 0 Å². The molecule has 10 heterocycles. The molecule has 0 atom stereocenters.